The number of aromatic nitrogens is 1. The summed E-state index contributed by atoms with van der Waals surface area (Å²) >= 11 is 0. The van der Waals surface area contributed by atoms with Crippen LogP contribution >= 0.6 is 0 Å². The molecule has 2 nitrogen and oxygen atoms in total. The molecule has 11 rings (SSSR count). The van der Waals surface area contributed by atoms with Crippen molar-refractivity contribution in [1.82, 2.24) is 4.57 Å². The topological polar surface area (TPSA) is 8.17 Å². The summed E-state index contributed by atoms with van der Waals surface area (Å²) in [6, 6.07) is 71.2. The Bertz CT molecular complexity index is 2900. The molecule has 0 bridgehead atoms. The van der Waals surface area contributed by atoms with Gasteiger partial charge in [0.2, 0.25) is 0 Å². The van der Waals surface area contributed by atoms with Crippen molar-refractivity contribution in [1.29, 1.82) is 0 Å². The molecule has 1 aliphatic carbocycles. The van der Waals surface area contributed by atoms with Crippen molar-refractivity contribution in [3.8, 4) is 50.2 Å². The molecule has 0 fully saturated rings. The van der Waals surface area contributed by atoms with Crippen LogP contribution in [0, 0.1) is 0 Å². The first-order chi connectivity index (χ1) is 27.8. The van der Waals surface area contributed by atoms with Crippen LogP contribution in [0.3, 0.4) is 0 Å². The lowest BCUT2D eigenvalue weighted by atomic mass is 9.89. The zero-order valence-electron chi connectivity index (χ0n) is 30.8. The number of anilines is 2. The van der Waals surface area contributed by atoms with Crippen LogP contribution in [0.4, 0.5) is 11.4 Å². The quantitative estimate of drug-likeness (QED) is 0.166. The van der Waals surface area contributed by atoms with Crippen molar-refractivity contribution in [3.63, 3.8) is 0 Å². The Morgan fingerprint density at radius 1 is 0.375 bits per heavy atom. The minimum atomic E-state index is 0.172. The molecule has 0 N–H and O–H groups in total. The van der Waals surface area contributed by atoms with E-state index in [-0.39, 0.29) is 12.0 Å². The zero-order chi connectivity index (χ0) is 37.0. The highest BCUT2D eigenvalue weighted by molar-refractivity contribution is 6.14. The lowest BCUT2D eigenvalue weighted by Gasteiger charge is -2.29. The molecule has 1 aromatic heterocycles. The summed E-state index contributed by atoms with van der Waals surface area (Å²) in [6.45, 7) is 0. The standard InChI is InChI=1S/C54H38N2/c1-4-15-37(16-5-1)40-27-30-44(31-28-40)56-52-26-13-10-21-47(52)49-24-14-23-46(54(49)56)41-29-32-53-50(36-41)48-22-11-12-25-51(48)55(53)45-34-42(38-17-6-2-7-18-38)33-43(35-45)39-19-8-3-9-20-39/h1-36,48,51H. The third-order valence-corrected chi connectivity index (χ3v) is 11.7. The van der Waals surface area contributed by atoms with Gasteiger partial charge in [0, 0.05) is 39.3 Å². The van der Waals surface area contributed by atoms with Gasteiger partial charge in [-0.3, -0.25) is 0 Å². The molecule has 0 saturated carbocycles. The van der Waals surface area contributed by atoms with Gasteiger partial charge in [0.25, 0.3) is 0 Å². The number of fused-ring (bicyclic) bond motifs is 6. The number of hydrogen-bond donors (Lipinski definition) is 0. The summed E-state index contributed by atoms with van der Waals surface area (Å²) in [5, 5.41) is 2.52. The monoisotopic (exact) mass is 714 g/mol. The van der Waals surface area contributed by atoms with Crippen molar-refractivity contribution >= 4 is 33.2 Å². The molecule has 8 aromatic carbocycles. The van der Waals surface area contributed by atoms with Gasteiger partial charge < -0.3 is 9.47 Å². The highest BCUT2D eigenvalue weighted by Gasteiger charge is 2.38. The normalized spacial score (nSPS) is 15.7. The van der Waals surface area contributed by atoms with Gasteiger partial charge in [-0.2, -0.15) is 0 Å². The third kappa shape index (κ3) is 5.33. The second kappa shape index (κ2) is 13.3. The smallest absolute Gasteiger partial charge is 0.0629 e. The predicted octanol–water partition coefficient (Wildman–Crippen LogP) is 14.2. The largest absolute Gasteiger partial charge is 0.333 e. The van der Waals surface area contributed by atoms with Gasteiger partial charge in [0.1, 0.15) is 0 Å². The molecule has 56 heavy (non-hydrogen) atoms. The van der Waals surface area contributed by atoms with Gasteiger partial charge in [-0.1, -0.05) is 170 Å². The fraction of sp³-hybridized carbons (Fsp3) is 0.0370. The Morgan fingerprint density at radius 2 is 0.946 bits per heavy atom. The van der Waals surface area contributed by atoms with E-state index in [0.29, 0.717) is 0 Å². The highest BCUT2D eigenvalue weighted by Crippen LogP contribution is 2.50. The Labute approximate surface area is 327 Å². The summed E-state index contributed by atoms with van der Waals surface area (Å²) in [6.07, 6.45) is 9.19. The van der Waals surface area contributed by atoms with E-state index in [4.69, 9.17) is 0 Å². The molecule has 2 aliphatic rings. The summed E-state index contributed by atoms with van der Waals surface area (Å²) in [5.41, 5.74) is 17.2. The molecule has 2 heterocycles. The van der Waals surface area contributed by atoms with Crippen molar-refractivity contribution in [2.45, 2.75) is 12.0 Å². The average molecular weight is 715 g/mol. The number of benzene rings is 8. The Balaban J connectivity index is 1.07. The van der Waals surface area contributed by atoms with Gasteiger partial charge in [-0.15, -0.1) is 0 Å². The van der Waals surface area contributed by atoms with Gasteiger partial charge in [0.15, 0.2) is 0 Å². The predicted molar refractivity (Wildman–Crippen MR) is 236 cm³/mol. The highest BCUT2D eigenvalue weighted by atomic mass is 15.2. The molecule has 1 aliphatic heterocycles. The van der Waals surface area contributed by atoms with E-state index in [9.17, 15) is 0 Å². The number of para-hydroxylation sites is 2. The Hall–Kier alpha value is -7.16. The fourth-order valence-electron chi connectivity index (χ4n) is 9.11. The first-order valence-corrected chi connectivity index (χ1v) is 19.5. The lowest BCUT2D eigenvalue weighted by Crippen LogP contribution is -2.28. The molecular weight excluding hydrogens is 677 g/mol. The SMILES string of the molecule is C1=CC2c3cc(-c4cccc5c6ccccc6n(-c6ccc(-c7ccccc7)cc6)c45)ccc3N(c3cc(-c4ccccc4)cc(-c4ccccc4)c3)C2C=C1. The number of allylic oxidation sites excluding steroid dienone is 2. The second-order valence-electron chi connectivity index (χ2n) is 14.9. The van der Waals surface area contributed by atoms with Crippen LogP contribution in [-0.2, 0) is 0 Å². The Morgan fingerprint density at radius 3 is 1.64 bits per heavy atom. The van der Waals surface area contributed by atoms with E-state index >= 15 is 0 Å². The molecule has 0 saturated heterocycles. The van der Waals surface area contributed by atoms with E-state index in [1.807, 2.05) is 0 Å². The molecule has 2 unspecified atom stereocenters. The Kier molecular flexibility index (Phi) is 7.67. The maximum Gasteiger partial charge on any atom is 0.0629 e. The van der Waals surface area contributed by atoms with Crippen molar-refractivity contribution in [3.05, 3.63) is 224 Å². The summed E-state index contributed by atoms with van der Waals surface area (Å²) in [7, 11) is 0. The fourth-order valence-corrected chi connectivity index (χ4v) is 9.11. The van der Waals surface area contributed by atoms with Crippen LogP contribution in [0.5, 0.6) is 0 Å². The molecular formula is C54H38N2. The summed E-state index contributed by atoms with van der Waals surface area (Å²) in [4.78, 5) is 2.56. The van der Waals surface area contributed by atoms with Crippen molar-refractivity contribution in [2.75, 3.05) is 4.90 Å². The van der Waals surface area contributed by atoms with Gasteiger partial charge in [0.05, 0.1) is 17.1 Å². The first-order valence-electron chi connectivity index (χ1n) is 19.5. The molecule has 2 heteroatoms. The number of nitrogens with zero attached hydrogens (tertiary/aromatic N) is 2. The van der Waals surface area contributed by atoms with Crippen molar-refractivity contribution in [2.24, 2.45) is 0 Å². The van der Waals surface area contributed by atoms with Crippen LogP contribution in [0.15, 0.2) is 218 Å². The molecule has 9 aromatic rings. The van der Waals surface area contributed by atoms with Crippen LogP contribution < -0.4 is 4.90 Å². The molecule has 0 amide bonds. The molecule has 2 atom stereocenters. The minimum absolute atomic E-state index is 0.172. The first kappa shape index (κ1) is 32.3. The number of hydrogen-bond acceptors (Lipinski definition) is 1. The molecule has 0 radical (unpaired) electrons. The van der Waals surface area contributed by atoms with Crippen LogP contribution in [0.2, 0.25) is 0 Å². The van der Waals surface area contributed by atoms with Crippen LogP contribution in [-0.4, -0.2) is 10.6 Å². The van der Waals surface area contributed by atoms with E-state index in [2.05, 4.69) is 228 Å². The van der Waals surface area contributed by atoms with Crippen molar-refractivity contribution < 1.29 is 0 Å². The average Bonchev–Trinajstić information content (AvgIpc) is 3.80. The maximum absolute atomic E-state index is 2.56. The maximum atomic E-state index is 2.56. The molecule has 264 valence electrons. The summed E-state index contributed by atoms with van der Waals surface area (Å²) < 4.78 is 2.46. The van der Waals surface area contributed by atoms with E-state index in [1.54, 1.807) is 0 Å². The molecule has 0 spiro atoms. The third-order valence-electron chi connectivity index (χ3n) is 11.7. The minimum Gasteiger partial charge on any atom is -0.333 e. The summed E-state index contributed by atoms with van der Waals surface area (Å²) in [5.74, 6) is 0.228. The van der Waals surface area contributed by atoms with Crippen LogP contribution in [0.1, 0.15) is 11.5 Å². The van der Waals surface area contributed by atoms with Gasteiger partial charge >= 0.3 is 0 Å². The van der Waals surface area contributed by atoms with E-state index < -0.39 is 0 Å². The zero-order valence-corrected chi connectivity index (χ0v) is 30.8. The van der Waals surface area contributed by atoms with Gasteiger partial charge in [-0.25, -0.2) is 0 Å². The number of rotatable bonds is 6. The van der Waals surface area contributed by atoms with Gasteiger partial charge in [-0.05, 0) is 93.0 Å². The van der Waals surface area contributed by atoms with E-state index in [0.717, 1.165) is 5.69 Å². The second-order valence-corrected chi connectivity index (χ2v) is 14.9. The van der Waals surface area contributed by atoms with E-state index in [1.165, 1.54) is 83.3 Å². The lowest BCUT2D eigenvalue weighted by molar-refractivity contribution is 0.745. The van der Waals surface area contributed by atoms with Crippen LogP contribution in [0.25, 0.3) is 72.0 Å².